The zero-order valence-electron chi connectivity index (χ0n) is 19.1. The Morgan fingerprint density at radius 3 is 2.47 bits per heavy atom. The van der Waals surface area contributed by atoms with E-state index >= 15 is 0 Å². The summed E-state index contributed by atoms with van der Waals surface area (Å²) in [5.41, 5.74) is 2.51. The number of carbonyl (C=O) groups excluding carboxylic acids is 2. The lowest BCUT2D eigenvalue weighted by Crippen LogP contribution is -2.30. The zero-order valence-corrected chi connectivity index (χ0v) is 19.9. The molecule has 2 aromatic heterocycles. The number of aryl methyl sites for hydroxylation is 1. The van der Waals surface area contributed by atoms with Crippen LogP contribution >= 0.6 is 11.3 Å². The predicted octanol–water partition coefficient (Wildman–Crippen LogP) is 4.67. The normalized spacial score (nSPS) is 10.7. The summed E-state index contributed by atoms with van der Waals surface area (Å²) in [6, 6.07) is 18.6. The van der Waals surface area contributed by atoms with Crippen LogP contribution in [-0.4, -0.2) is 40.4 Å². The Balaban J connectivity index is 1.67. The predicted molar refractivity (Wildman–Crippen MR) is 130 cm³/mol. The maximum Gasteiger partial charge on any atom is 0.350 e. The summed E-state index contributed by atoms with van der Waals surface area (Å²) >= 11 is 1.14. The number of amides is 1. The molecule has 4 aromatic rings. The molecule has 0 N–H and O–H groups in total. The molecule has 0 unspecified atom stereocenters. The van der Waals surface area contributed by atoms with E-state index in [1.165, 1.54) is 4.90 Å². The van der Waals surface area contributed by atoms with Crippen molar-refractivity contribution in [3.63, 3.8) is 0 Å². The summed E-state index contributed by atoms with van der Waals surface area (Å²) in [7, 11) is 1.61. The van der Waals surface area contributed by atoms with Crippen LogP contribution < -0.4 is 9.64 Å². The van der Waals surface area contributed by atoms with Crippen LogP contribution in [0, 0.1) is 6.92 Å². The van der Waals surface area contributed by atoms with Gasteiger partial charge in [-0.3, -0.25) is 9.69 Å². The summed E-state index contributed by atoms with van der Waals surface area (Å²) in [5.74, 6) is -0.0299. The molecule has 0 saturated carbocycles. The molecule has 9 heteroatoms. The summed E-state index contributed by atoms with van der Waals surface area (Å²) in [4.78, 5) is 32.4. The van der Waals surface area contributed by atoms with Crippen molar-refractivity contribution in [1.82, 2.24) is 14.8 Å². The van der Waals surface area contributed by atoms with Gasteiger partial charge in [0.05, 0.1) is 31.6 Å². The maximum absolute atomic E-state index is 13.6. The number of hydrogen-bond donors (Lipinski definition) is 0. The Labute approximate surface area is 201 Å². The number of thiazole rings is 1. The van der Waals surface area contributed by atoms with Gasteiger partial charge in [-0.25, -0.2) is 14.5 Å². The molecule has 2 heterocycles. The van der Waals surface area contributed by atoms with Crippen molar-refractivity contribution >= 4 is 28.3 Å². The first-order valence-corrected chi connectivity index (χ1v) is 11.5. The molecule has 4 rings (SSSR count). The number of nitrogens with zero attached hydrogens (tertiary/aromatic N) is 4. The smallest absolute Gasteiger partial charge is 0.350 e. The van der Waals surface area contributed by atoms with Crippen LogP contribution in [0.5, 0.6) is 5.75 Å². The number of rotatable bonds is 8. The highest BCUT2D eigenvalue weighted by molar-refractivity contribution is 7.17. The van der Waals surface area contributed by atoms with Crippen molar-refractivity contribution < 1.29 is 19.1 Å². The van der Waals surface area contributed by atoms with E-state index in [1.807, 2.05) is 54.6 Å². The SMILES string of the molecule is CCOC(=O)c1sc(N(Cc2ccccc2)C(=O)c2ccn(-c3ccc(OC)cc3)n2)nc1C. The first kappa shape index (κ1) is 23.2. The Hall–Kier alpha value is -3.98. The minimum atomic E-state index is -0.445. The average Bonchev–Trinajstić information content (AvgIpc) is 3.50. The molecule has 0 aliphatic rings. The minimum absolute atomic E-state index is 0.261. The molecule has 8 nitrogen and oxygen atoms in total. The molecule has 0 bridgehead atoms. The molecule has 0 fully saturated rings. The molecule has 1 amide bonds. The Morgan fingerprint density at radius 1 is 1.06 bits per heavy atom. The van der Waals surface area contributed by atoms with Gasteiger partial charge in [-0.1, -0.05) is 41.7 Å². The number of benzene rings is 2. The van der Waals surface area contributed by atoms with Crippen molar-refractivity contribution in [2.45, 2.75) is 20.4 Å². The molecule has 0 spiro atoms. The van der Waals surface area contributed by atoms with Crippen LogP contribution in [0.1, 0.15) is 38.3 Å². The number of methoxy groups -OCH3 is 1. The molecule has 0 saturated heterocycles. The highest BCUT2D eigenvalue weighted by Crippen LogP contribution is 2.29. The van der Waals surface area contributed by atoms with Crippen molar-refractivity contribution in [3.8, 4) is 11.4 Å². The van der Waals surface area contributed by atoms with Gasteiger partial charge in [-0.05, 0) is 49.7 Å². The quantitative estimate of drug-likeness (QED) is 0.344. The summed E-state index contributed by atoms with van der Waals surface area (Å²) < 4.78 is 12.0. The Morgan fingerprint density at radius 2 is 1.79 bits per heavy atom. The molecule has 2 aromatic carbocycles. The third-order valence-electron chi connectivity index (χ3n) is 5.05. The number of ether oxygens (including phenoxy) is 2. The van der Waals surface area contributed by atoms with Gasteiger partial charge < -0.3 is 9.47 Å². The first-order valence-electron chi connectivity index (χ1n) is 10.7. The van der Waals surface area contributed by atoms with Crippen LogP contribution in [0.25, 0.3) is 5.69 Å². The van der Waals surface area contributed by atoms with Crippen LogP contribution in [-0.2, 0) is 11.3 Å². The van der Waals surface area contributed by atoms with Gasteiger partial charge in [0.15, 0.2) is 10.8 Å². The van der Waals surface area contributed by atoms with Gasteiger partial charge in [0.1, 0.15) is 10.6 Å². The summed E-state index contributed by atoms with van der Waals surface area (Å²) in [6.45, 7) is 4.03. The average molecular weight is 477 g/mol. The lowest BCUT2D eigenvalue weighted by atomic mass is 10.2. The van der Waals surface area contributed by atoms with E-state index in [2.05, 4.69) is 10.1 Å². The third-order valence-corrected chi connectivity index (χ3v) is 6.21. The first-order chi connectivity index (χ1) is 16.5. The van der Waals surface area contributed by atoms with Crippen molar-refractivity contribution in [1.29, 1.82) is 0 Å². The molecule has 0 aliphatic carbocycles. The topological polar surface area (TPSA) is 86.5 Å². The van der Waals surface area contributed by atoms with Gasteiger partial charge in [0.25, 0.3) is 5.91 Å². The molecule has 0 aliphatic heterocycles. The van der Waals surface area contributed by atoms with Crippen LogP contribution in [0.3, 0.4) is 0 Å². The van der Waals surface area contributed by atoms with Crippen LogP contribution in [0.2, 0.25) is 0 Å². The lowest BCUT2D eigenvalue weighted by molar-refractivity contribution is 0.0531. The number of hydrogen-bond acceptors (Lipinski definition) is 7. The van der Waals surface area contributed by atoms with E-state index in [0.29, 0.717) is 15.7 Å². The monoisotopic (exact) mass is 476 g/mol. The van der Waals surface area contributed by atoms with Gasteiger partial charge in [0.2, 0.25) is 0 Å². The molecule has 0 atom stereocenters. The molecular weight excluding hydrogens is 452 g/mol. The Bertz CT molecular complexity index is 1280. The second-order valence-electron chi connectivity index (χ2n) is 7.35. The van der Waals surface area contributed by atoms with Gasteiger partial charge >= 0.3 is 5.97 Å². The van der Waals surface area contributed by atoms with E-state index in [1.54, 1.807) is 37.9 Å². The van der Waals surface area contributed by atoms with Crippen molar-refractivity contribution in [2.75, 3.05) is 18.6 Å². The van der Waals surface area contributed by atoms with E-state index in [-0.39, 0.29) is 24.8 Å². The fourth-order valence-electron chi connectivity index (χ4n) is 3.33. The molecule has 34 heavy (non-hydrogen) atoms. The number of aromatic nitrogens is 3. The second-order valence-corrected chi connectivity index (χ2v) is 8.33. The highest BCUT2D eigenvalue weighted by atomic mass is 32.1. The third kappa shape index (κ3) is 4.99. The second kappa shape index (κ2) is 10.3. The van der Waals surface area contributed by atoms with E-state index in [4.69, 9.17) is 9.47 Å². The van der Waals surface area contributed by atoms with Gasteiger partial charge in [-0.2, -0.15) is 5.10 Å². The van der Waals surface area contributed by atoms with Crippen LogP contribution in [0.4, 0.5) is 5.13 Å². The number of anilines is 1. The molecule has 174 valence electrons. The fraction of sp³-hybridized carbons (Fsp3) is 0.200. The number of esters is 1. The van der Waals surface area contributed by atoms with E-state index < -0.39 is 5.97 Å². The molecular formula is C25H24N4O4S. The lowest BCUT2D eigenvalue weighted by Gasteiger charge is -2.19. The Kier molecular flexibility index (Phi) is 7.03. The van der Waals surface area contributed by atoms with Crippen molar-refractivity contribution in [2.24, 2.45) is 0 Å². The summed E-state index contributed by atoms with van der Waals surface area (Å²) in [6.07, 6.45) is 1.73. The van der Waals surface area contributed by atoms with E-state index in [9.17, 15) is 9.59 Å². The van der Waals surface area contributed by atoms with Crippen molar-refractivity contribution in [3.05, 3.63) is 88.7 Å². The highest BCUT2D eigenvalue weighted by Gasteiger charge is 2.26. The van der Waals surface area contributed by atoms with E-state index in [0.717, 1.165) is 28.3 Å². The van der Waals surface area contributed by atoms with Gasteiger partial charge in [0, 0.05) is 6.20 Å². The number of carbonyl (C=O) groups is 2. The molecule has 0 radical (unpaired) electrons. The fourth-order valence-corrected chi connectivity index (χ4v) is 4.29. The minimum Gasteiger partial charge on any atom is -0.497 e. The van der Waals surface area contributed by atoms with Gasteiger partial charge in [-0.15, -0.1) is 0 Å². The zero-order chi connectivity index (χ0) is 24.1. The standard InChI is InChI=1S/C25H24N4O4S/c1-4-33-24(31)22-17(2)26-25(34-22)28(16-18-8-6-5-7-9-18)23(30)21-14-15-29(27-21)19-10-12-20(32-3)13-11-19/h5-15H,4,16H2,1-3H3. The maximum atomic E-state index is 13.6. The largest absolute Gasteiger partial charge is 0.497 e. The summed E-state index contributed by atoms with van der Waals surface area (Å²) in [5, 5.41) is 4.90. The van der Waals surface area contributed by atoms with Crippen LogP contribution in [0.15, 0.2) is 66.9 Å².